The Morgan fingerprint density at radius 1 is 0.761 bits per heavy atom. The second-order valence-electron chi connectivity index (χ2n) is 11.9. The number of ether oxygens (including phenoxy) is 3. The third-order valence-corrected chi connectivity index (χ3v) is 8.00. The lowest BCUT2D eigenvalue weighted by atomic mass is 9.87. The lowest BCUT2D eigenvalue weighted by Gasteiger charge is -2.44. The summed E-state index contributed by atoms with van der Waals surface area (Å²) in [5.41, 5.74) is 0.640. The smallest absolute Gasteiger partial charge is 0.416 e. The van der Waals surface area contributed by atoms with Crippen molar-refractivity contribution in [3.8, 4) is 5.75 Å². The first-order chi connectivity index (χ1) is 21.7. The lowest BCUT2D eigenvalue weighted by Crippen LogP contribution is -2.51. The molecule has 0 aromatic heterocycles. The molecule has 0 spiro atoms. The highest BCUT2D eigenvalue weighted by Gasteiger charge is 2.46. The fourth-order valence-corrected chi connectivity index (χ4v) is 5.55. The van der Waals surface area contributed by atoms with Crippen molar-refractivity contribution in [1.82, 2.24) is 0 Å². The molecule has 5 rings (SSSR count). The number of fused-ring (bicyclic) bond motifs is 1. The van der Waals surface area contributed by atoms with E-state index in [2.05, 4.69) is 5.32 Å². The van der Waals surface area contributed by atoms with E-state index in [0.717, 1.165) is 22.4 Å². The van der Waals surface area contributed by atoms with Gasteiger partial charge in [-0.1, -0.05) is 54.6 Å². The SMILES string of the molecule is Cc1ccccc1CNc1ccc2c(c1)C(OCCc1ccccc1)C(OCc1cc(C(F)(F)F)cc(C(F)(F)F)c1)C(C)(C)O2. The maximum absolute atomic E-state index is 13.5. The summed E-state index contributed by atoms with van der Waals surface area (Å²) in [5, 5.41) is 3.42. The monoisotopic (exact) mass is 643 g/mol. The zero-order valence-electron chi connectivity index (χ0n) is 25.6. The van der Waals surface area contributed by atoms with Crippen LogP contribution in [0.3, 0.4) is 0 Å². The molecular formula is C36H35F6NO3. The van der Waals surface area contributed by atoms with Crippen molar-refractivity contribution in [2.24, 2.45) is 0 Å². The molecule has 0 aliphatic carbocycles. The Hall–Kier alpha value is -4.02. The van der Waals surface area contributed by atoms with Crippen LogP contribution in [0.4, 0.5) is 32.0 Å². The quantitative estimate of drug-likeness (QED) is 0.175. The molecule has 1 aliphatic rings. The van der Waals surface area contributed by atoms with E-state index in [0.29, 0.717) is 36.4 Å². The first-order valence-corrected chi connectivity index (χ1v) is 14.9. The van der Waals surface area contributed by atoms with Crippen LogP contribution in [0.1, 0.15) is 58.9 Å². The number of benzene rings is 4. The number of nitrogens with one attached hydrogen (secondary N) is 1. The molecule has 1 aliphatic heterocycles. The van der Waals surface area contributed by atoms with Crippen LogP contribution >= 0.6 is 0 Å². The summed E-state index contributed by atoms with van der Waals surface area (Å²) in [4.78, 5) is 0. The minimum absolute atomic E-state index is 0.106. The van der Waals surface area contributed by atoms with Crippen molar-refractivity contribution in [3.05, 3.63) is 130 Å². The van der Waals surface area contributed by atoms with Crippen molar-refractivity contribution in [2.45, 2.75) is 70.5 Å². The second-order valence-corrected chi connectivity index (χ2v) is 11.9. The minimum atomic E-state index is -4.97. The predicted molar refractivity (Wildman–Crippen MR) is 164 cm³/mol. The molecule has 0 saturated heterocycles. The summed E-state index contributed by atoms with van der Waals surface area (Å²) in [7, 11) is 0. The molecule has 2 unspecified atom stereocenters. The molecule has 0 saturated carbocycles. The number of alkyl halides is 6. The van der Waals surface area contributed by atoms with E-state index in [4.69, 9.17) is 14.2 Å². The van der Waals surface area contributed by atoms with Gasteiger partial charge >= 0.3 is 12.4 Å². The van der Waals surface area contributed by atoms with Crippen molar-refractivity contribution in [3.63, 3.8) is 0 Å². The van der Waals surface area contributed by atoms with Gasteiger partial charge in [-0.15, -0.1) is 0 Å². The minimum Gasteiger partial charge on any atom is -0.485 e. The van der Waals surface area contributed by atoms with Gasteiger partial charge in [0.15, 0.2) is 0 Å². The fraction of sp³-hybridized carbons (Fsp3) is 0.333. The van der Waals surface area contributed by atoms with Gasteiger partial charge in [-0.25, -0.2) is 0 Å². The normalized spacial score (nSPS) is 17.7. The molecule has 46 heavy (non-hydrogen) atoms. The molecule has 0 fully saturated rings. The van der Waals surface area contributed by atoms with Crippen molar-refractivity contribution in [2.75, 3.05) is 11.9 Å². The van der Waals surface area contributed by atoms with Crippen LogP contribution in [0, 0.1) is 6.92 Å². The molecule has 4 nitrogen and oxygen atoms in total. The molecule has 0 bridgehead atoms. The number of halogens is 6. The predicted octanol–water partition coefficient (Wildman–Crippen LogP) is 9.70. The maximum Gasteiger partial charge on any atom is 0.416 e. The Kier molecular flexibility index (Phi) is 9.70. The number of anilines is 1. The van der Waals surface area contributed by atoms with Crippen LogP contribution in [0.2, 0.25) is 0 Å². The highest BCUT2D eigenvalue weighted by molar-refractivity contribution is 5.54. The average Bonchev–Trinajstić information content (AvgIpc) is 2.99. The standard InChI is InChI=1S/C36H35F6NO3/c1-23-9-7-8-12-26(23)21-43-29-13-14-31-30(20-29)32(44-16-15-24-10-5-4-6-11-24)33(34(2,3)46-31)45-22-25-17-27(35(37,38)39)19-28(18-25)36(40,41)42/h4-14,17-20,32-33,43H,15-16,21-22H2,1-3H3. The average molecular weight is 644 g/mol. The van der Waals surface area contributed by atoms with Gasteiger partial charge < -0.3 is 19.5 Å². The van der Waals surface area contributed by atoms with Gasteiger partial charge in [0.2, 0.25) is 0 Å². The van der Waals surface area contributed by atoms with E-state index in [-0.39, 0.29) is 18.2 Å². The van der Waals surface area contributed by atoms with E-state index in [1.54, 1.807) is 13.8 Å². The van der Waals surface area contributed by atoms with Crippen LogP contribution in [0.5, 0.6) is 5.75 Å². The van der Waals surface area contributed by atoms with Crippen molar-refractivity contribution >= 4 is 5.69 Å². The van der Waals surface area contributed by atoms with Gasteiger partial charge in [0.05, 0.1) is 24.3 Å². The largest absolute Gasteiger partial charge is 0.485 e. The Morgan fingerprint density at radius 2 is 1.41 bits per heavy atom. The third kappa shape index (κ3) is 8.03. The summed E-state index contributed by atoms with van der Waals surface area (Å²) < 4.78 is 100. The number of hydrogen-bond donors (Lipinski definition) is 1. The Morgan fingerprint density at radius 3 is 2.07 bits per heavy atom. The zero-order valence-corrected chi connectivity index (χ0v) is 25.6. The van der Waals surface area contributed by atoms with Crippen LogP contribution in [-0.2, 0) is 41.4 Å². The molecule has 1 N–H and O–H groups in total. The number of hydrogen-bond acceptors (Lipinski definition) is 4. The van der Waals surface area contributed by atoms with Crippen LogP contribution in [0.15, 0.2) is 91.0 Å². The van der Waals surface area contributed by atoms with Gasteiger partial charge in [0.1, 0.15) is 23.6 Å². The first kappa shape index (κ1) is 33.3. The van der Waals surface area contributed by atoms with E-state index in [1.807, 2.05) is 79.7 Å². The number of rotatable bonds is 10. The van der Waals surface area contributed by atoms with Crippen molar-refractivity contribution < 1.29 is 40.6 Å². The molecule has 0 amide bonds. The van der Waals surface area contributed by atoms with Gasteiger partial charge in [-0.2, -0.15) is 26.3 Å². The maximum atomic E-state index is 13.5. The second kappa shape index (κ2) is 13.4. The van der Waals surface area contributed by atoms with E-state index in [9.17, 15) is 26.3 Å². The molecule has 10 heteroatoms. The molecular weight excluding hydrogens is 608 g/mol. The highest BCUT2D eigenvalue weighted by Crippen LogP contribution is 2.45. The van der Waals surface area contributed by atoms with E-state index >= 15 is 0 Å². The van der Waals surface area contributed by atoms with Crippen LogP contribution < -0.4 is 10.1 Å². The molecule has 4 aromatic carbocycles. The molecule has 244 valence electrons. The summed E-state index contributed by atoms with van der Waals surface area (Å²) in [6.45, 7) is 5.86. The van der Waals surface area contributed by atoms with E-state index < -0.39 is 47.9 Å². The molecule has 0 radical (unpaired) electrons. The van der Waals surface area contributed by atoms with Crippen LogP contribution in [0.25, 0.3) is 0 Å². The first-order valence-electron chi connectivity index (χ1n) is 14.9. The fourth-order valence-electron chi connectivity index (χ4n) is 5.55. The summed E-state index contributed by atoms with van der Waals surface area (Å²) in [6, 6.07) is 24.8. The van der Waals surface area contributed by atoms with E-state index in [1.165, 1.54) is 0 Å². The van der Waals surface area contributed by atoms with Gasteiger partial charge in [0.25, 0.3) is 0 Å². The molecule has 2 atom stereocenters. The number of aryl methyl sites for hydroxylation is 1. The molecule has 1 heterocycles. The Bertz CT molecular complexity index is 1600. The van der Waals surface area contributed by atoms with Gasteiger partial charge in [-0.3, -0.25) is 0 Å². The summed E-state index contributed by atoms with van der Waals surface area (Å²) >= 11 is 0. The topological polar surface area (TPSA) is 39.7 Å². The third-order valence-electron chi connectivity index (χ3n) is 8.00. The summed E-state index contributed by atoms with van der Waals surface area (Å²) in [6.07, 6.45) is -11.0. The molecule has 4 aromatic rings. The highest BCUT2D eigenvalue weighted by atomic mass is 19.4. The lowest BCUT2D eigenvalue weighted by molar-refractivity contribution is -0.167. The van der Waals surface area contributed by atoms with Crippen molar-refractivity contribution in [1.29, 1.82) is 0 Å². The van der Waals surface area contributed by atoms with Gasteiger partial charge in [-0.05, 0) is 85.8 Å². The van der Waals surface area contributed by atoms with Crippen LogP contribution in [-0.4, -0.2) is 18.3 Å². The summed E-state index contributed by atoms with van der Waals surface area (Å²) in [5.74, 6) is 0.550. The Balaban J connectivity index is 1.44. The Labute approximate surface area is 264 Å². The zero-order chi connectivity index (χ0) is 33.1. The van der Waals surface area contributed by atoms with Gasteiger partial charge in [0, 0.05) is 17.8 Å².